The van der Waals surface area contributed by atoms with Crippen molar-refractivity contribution in [1.29, 1.82) is 0 Å². The Morgan fingerprint density at radius 3 is 1.04 bits per heavy atom. The number of phenolic OH excluding ortho intramolecular Hbond substituents is 2. The van der Waals surface area contributed by atoms with E-state index < -0.39 is 46.6 Å². The van der Waals surface area contributed by atoms with E-state index in [1.54, 1.807) is 0 Å². The minimum absolute atomic E-state index is 0. The Hall–Kier alpha value is -1.06. The SMILES string of the molecule is Oc1ccc(F)cc1C(F)(F)F.Oc1ccc(F)cc1C(F)(F)F.[Cl-].[Cl-].[Zr+2]. The molecule has 2 aromatic rings. The number of aromatic hydroxyl groups is 2. The Morgan fingerprint density at radius 1 is 0.593 bits per heavy atom. The summed E-state index contributed by atoms with van der Waals surface area (Å²) in [6.45, 7) is 0. The van der Waals surface area contributed by atoms with Gasteiger partial charge >= 0.3 is 38.6 Å². The molecule has 0 fully saturated rings. The summed E-state index contributed by atoms with van der Waals surface area (Å²) in [6.07, 6.45) is -9.43. The van der Waals surface area contributed by atoms with Crippen molar-refractivity contribution < 1.29 is 96.4 Å². The first-order valence-corrected chi connectivity index (χ1v) is 5.94. The van der Waals surface area contributed by atoms with Gasteiger partial charge in [-0.05, 0) is 36.4 Å². The van der Waals surface area contributed by atoms with E-state index in [9.17, 15) is 35.1 Å². The zero-order chi connectivity index (χ0) is 18.7. The van der Waals surface area contributed by atoms with Gasteiger partial charge in [-0.3, -0.25) is 0 Å². The Labute approximate surface area is 179 Å². The molecule has 0 aliphatic carbocycles. The smallest absolute Gasteiger partial charge is 1.00 e. The van der Waals surface area contributed by atoms with Crippen LogP contribution >= 0.6 is 0 Å². The van der Waals surface area contributed by atoms with Crippen molar-refractivity contribution in [2.45, 2.75) is 12.4 Å². The van der Waals surface area contributed by atoms with Gasteiger partial charge in [0.1, 0.15) is 34.3 Å². The fourth-order valence-electron chi connectivity index (χ4n) is 1.47. The van der Waals surface area contributed by atoms with E-state index in [-0.39, 0.29) is 63.2 Å². The summed E-state index contributed by atoms with van der Waals surface area (Å²) in [5, 5.41) is 17.4. The summed E-state index contributed by atoms with van der Waals surface area (Å²) in [5.41, 5.74) is -2.72. The normalized spacial score (nSPS) is 10.4. The molecule has 0 bridgehead atoms. The second-order valence-corrected chi connectivity index (χ2v) is 4.32. The fraction of sp³-hybridized carbons (Fsp3) is 0.143. The average molecular weight is 522 g/mol. The van der Waals surface area contributed by atoms with Gasteiger partial charge in [0.2, 0.25) is 0 Å². The van der Waals surface area contributed by atoms with Gasteiger partial charge in [-0.2, -0.15) is 26.3 Å². The van der Waals surface area contributed by atoms with Crippen LogP contribution in [0.3, 0.4) is 0 Å². The van der Waals surface area contributed by atoms with Gasteiger partial charge in [-0.15, -0.1) is 0 Å². The quantitative estimate of drug-likeness (QED) is 0.441. The van der Waals surface area contributed by atoms with Crippen LogP contribution in [0, 0.1) is 11.6 Å². The largest absolute Gasteiger partial charge is 2.00 e. The third kappa shape index (κ3) is 9.62. The van der Waals surface area contributed by atoms with E-state index in [0.29, 0.717) is 12.1 Å². The number of hydrogen-bond donors (Lipinski definition) is 2. The van der Waals surface area contributed by atoms with Crippen LogP contribution < -0.4 is 24.8 Å². The van der Waals surface area contributed by atoms with Gasteiger partial charge in [-0.1, -0.05) is 0 Å². The second kappa shape index (κ2) is 11.7. The van der Waals surface area contributed by atoms with Gasteiger partial charge in [0, 0.05) is 0 Å². The molecule has 2 aromatic carbocycles. The number of alkyl halides is 6. The summed E-state index contributed by atoms with van der Waals surface area (Å²) in [7, 11) is 0. The van der Waals surface area contributed by atoms with E-state index in [0.717, 1.165) is 12.1 Å². The fourth-order valence-corrected chi connectivity index (χ4v) is 1.47. The topological polar surface area (TPSA) is 40.5 Å². The van der Waals surface area contributed by atoms with Crippen molar-refractivity contribution in [3.63, 3.8) is 0 Å². The van der Waals surface area contributed by atoms with Crippen LogP contribution in [0.1, 0.15) is 11.1 Å². The molecular formula is C14H8Cl2F8O2Zr. The van der Waals surface area contributed by atoms with Crippen molar-refractivity contribution in [3.05, 3.63) is 59.2 Å². The summed E-state index contributed by atoms with van der Waals surface area (Å²) >= 11 is 0. The number of phenols is 2. The minimum atomic E-state index is -4.72. The summed E-state index contributed by atoms with van der Waals surface area (Å²) in [5.74, 6) is -3.99. The maximum Gasteiger partial charge on any atom is 2.00 e. The molecule has 0 radical (unpaired) electrons. The first kappa shape index (κ1) is 30.7. The molecule has 0 aliphatic rings. The molecule has 2 nitrogen and oxygen atoms in total. The third-order valence-electron chi connectivity index (χ3n) is 2.53. The number of rotatable bonds is 0. The van der Waals surface area contributed by atoms with Crippen molar-refractivity contribution in [2.24, 2.45) is 0 Å². The van der Waals surface area contributed by atoms with Crippen molar-refractivity contribution in [1.82, 2.24) is 0 Å². The van der Waals surface area contributed by atoms with Gasteiger partial charge in [-0.25, -0.2) is 8.78 Å². The Morgan fingerprint density at radius 2 is 0.852 bits per heavy atom. The number of halogens is 10. The van der Waals surface area contributed by atoms with Gasteiger partial charge in [0.15, 0.2) is 0 Å². The first-order valence-electron chi connectivity index (χ1n) is 5.94. The molecule has 0 spiro atoms. The van der Waals surface area contributed by atoms with Crippen LogP contribution in [0.25, 0.3) is 0 Å². The second-order valence-electron chi connectivity index (χ2n) is 4.32. The van der Waals surface area contributed by atoms with E-state index in [1.807, 2.05) is 0 Å². The predicted octanol–water partition coefficient (Wildman–Crippen LogP) is -0.894. The first-order chi connectivity index (χ1) is 10.8. The summed E-state index contributed by atoms with van der Waals surface area (Å²) in [6, 6.07) is 3.33. The van der Waals surface area contributed by atoms with E-state index >= 15 is 0 Å². The molecule has 0 amide bonds. The van der Waals surface area contributed by atoms with Crippen LogP contribution in [0.15, 0.2) is 36.4 Å². The molecule has 0 aliphatic heterocycles. The molecule has 13 heteroatoms. The van der Waals surface area contributed by atoms with Crippen molar-refractivity contribution in [2.75, 3.05) is 0 Å². The Bertz CT molecular complexity index is 662. The third-order valence-corrected chi connectivity index (χ3v) is 2.53. The Balaban J connectivity index is -0.000000384. The van der Waals surface area contributed by atoms with Crippen LogP contribution in [0.4, 0.5) is 35.1 Å². The van der Waals surface area contributed by atoms with E-state index in [1.165, 1.54) is 0 Å². The zero-order valence-corrected chi connectivity index (χ0v) is 16.6. The summed E-state index contributed by atoms with van der Waals surface area (Å²) in [4.78, 5) is 0. The van der Waals surface area contributed by atoms with Crippen LogP contribution in [-0.4, -0.2) is 10.2 Å². The molecule has 150 valence electrons. The molecule has 27 heavy (non-hydrogen) atoms. The van der Waals surface area contributed by atoms with Crippen LogP contribution in [0.5, 0.6) is 11.5 Å². The molecule has 0 heterocycles. The van der Waals surface area contributed by atoms with Crippen molar-refractivity contribution in [3.8, 4) is 11.5 Å². The molecule has 0 atom stereocenters. The van der Waals surface area contributed by atoms with Crippen LogP contribution in [-0.2, 0) is 38.6 Å². The van der Waals surface area contributed by atoms with E-state index in [2.05, 4.69) is 0 Å². The maximum atomic E-state index is 12.3. The number of benzene rings is 2. The van der Waals surface area contributed by atoms with Gasteiger partial charge in [0.05, 0.1) is 0 Å². The van der Waals surface area contributed by atoms with E-state index in [4.69, 9.17) is 10.2 Å². The molecule has 2 N–H and O–H groups in total. The predicted molar refractivity (Wildman–Crippen MR) is 66.1 cm³/mol. The zero-order valence-electron chi connectivity index (χ0n) is 12.6. The molecule has 0 unspecified atom stereocenters. The van der Waals surface area contributed by atoms with Gasteiger partial charge in [0.25, 0.3) is 0 Å². The van der Waals surface area contributed by atoms with Gasteiger partial charge < -0.3 is 35.0 Å². The molecule has 0 aromatic heterocycles. The van der Waals surface area contributed by atoms with Crippen molar-refractivity contribution >= 4 is 0 Å². The number of hydrogen-bond acceptors (Lipinski definition) is 2. The molecule has 0 saturated heterocycles. The molecule has 0 saturated carbocycles. The Kier molecular flexibility index (Phi) is 13.3. The minimum Gasteiger partial charge on any atom is -1.00 e. The maximum absolute atomic E-state index is 12.3. The summed E-state index contributed by atoms with van der Waals surface area (Å²) < 4.78 is 95.9. The van der Waals surface area contributed by atoms with Crippen LogP contribution in [0.2, 0.25) is 0 Å². The average Bonchev–Trinajstić information content (AvgIpc) is 2.42. The monoisotopic (exact) mass is 520 g/mol. The standard InChI is InChI=1S/2C7H4F4O.2ClH.Zr/c2*8-4-1-2-6(12)5(3-4)7(9,10)11;;;/h2*1-3,12H;2*1H;/q;;;;+2/p-2. The molecule has 2 rings (SSSR count). The molecular weight excluding hydrogens is 514 g/mol.